The Hall–Kier alpha value is -1.61. The van der Waals surface area contributed by atoms with Crippen molar-refractivity contribution in [1.82, 2.24) is 4.98 Å². The van der Waals surface area contributed by atoms with Crippen molar-refractivity contribution >= 4 is 16.7 Å². The third kappa shape index (κ3) is 3.48. The van der Waals surface area contributed by atoms with Crippen molar-refractivity contribution in [1.29, 1.82) is 0 Å². The van der Waals surface area contributed by atoms with Gasteiger partial charge in [0.1, 0.15) is 5.82 Å². The second-order valence-electron chi connectivity index (χ2n) is 5.81. The normalized spacial score (nSPS) is 11.2. The minimum atomic E-state index is 0.658. The molecule has 2 N–H and O–H groups in total. The summed E-state index contributed by atoms with van der Waals surface area (Å²) in [5, 5.41) is 1.19. The average Bonchev–Trinajstić information content (AvgIpc) is 2.44. The lowest BCUT2D eigenvalue weighted by atomic mass is 10.1. The molecular formula is C17H25N3. The summed E-state index contributed by atoms with van der Waals surface area (Å²) in [6.07, 6.45) is 2.05. The summed E-state index contributed by atoms with van der Waals surface area (Å²) in [5.41, 5.74) is 8.05. The summed E-state index contributed by atoms with van der Waals surface area (Å²) in [4.78, 5) is 7.10. The smallest absolute Gasteiger partial charge is 0.132 e. The zero-order chi connectivity index (χ0) is 14.5. The number of aromatic nitrogens is 1. The minimum Gasteiger partial charge on any atom is -0.359 e. The van der Waals surface area contributed by atoms with Crippen LogP contribution in [0.2, 0.25) is 0 Å². The van der Waals surface area contributed by atoms with Crippen LogP contribution in [0.25, 0.3) is 10.9 Å². The van der Waals surface area contributed by atoms with E-state index in [1.807, 2.05) is 6.07 Å². The van der Waals surface area contributed by atoms with Gasteiger partial charge in [0, 0.05) is 19.0 Å². The molecule has 1 aromatic carbocycles. The van der Waals surface area contributed by atoms with Gasteiger partial charge in [-0.2, -0.15) is 0 Å². The number of nitrogens with two attached hydrogens (primary N) is 1. The second kappa shape index (κ2) is 6.71. The largest absolute Gasteiger partial charge is 0.359 e. The maximum absolute atomic E-state index is 5.75. The Morgan fingerprint density at radius 2 is 2.00 bits per heavy atom. The summed E-state index contributed by atoms with van der Waals surface area (Å²) in [6, 6.07) is 10.5. The van der Waals surface area contributed by atoms with Crippen molar-refractivity contribution < 1.29 is 0 Å². The quantitative estimate of drug-likeness (QED) is 0.877. The first kappa shape index (κ1) is 14.8. The highest BCUT2D eigenvalue weighted by Crippen LogP contribution is 2.23. The van der Waals surface area contributed by atoms with Gasteiger partial charge in [0.15, 0.2) is 0 Å². The molecule has 0 aliphatic heterocycles. The zero-order valence-electron chi connectivity index (χ0n) is 12.8. The van der Waals surface area contributed by atoms with Crippen LogP contribution in [-0.2, 0) is 6.42 Å². The molecule has 0 amide bonds. The van der Waals surface area contributed by atoms with Gasteiger partial charge in [0.25, 0.3) is 0 Å². The Kier molecular flexibility index (Phi) is 4.96. The molecule has 0 unspecified atom stereocenters. The van der Waals surface area contributed by atoms with Crippen molar-refractivity contribution in [2.45, 2.75) is 26.7 Å². The summed E-state index contributed by atoms with van der Waals surface area (Å²) in [6.45, 7) is 6.19. The van der Waals surface area contributed by atoms with E-state index < -0.39 is 0 Å². The third-order valence-electron chi connectivity index (χ3n) is 3.60. The number of rotatable bonds is 6. The van der Waals surface area contributed by atoms with E-state index in [1.165, 1.54) is 17.4 Å². The van der Waals surface area contributed by atoms with Crippen LogP contribution in [0.5, 0.6) is 0 Å². The summed E-state index contributed by atoms with van der Waals surface area (Å²) >= 11 is 0. The molecule has 108 valence electrons. The van der Waals surface area contributed by atoms with E-state index in [1.54, 1.807) is 0 Å². The van der Waals surface area contributed by atoms with Crippen LogP contribution in [0.15, 0.2) is 30.3 Å². The second-order valence-corrected chi connectivity index (χ2v) is 5.81. The van der Waals surface area contributed by atoms with Crippen molar-refractivity contribution in [3.8, 4) is 0 Å². The van der Waals surface area contributed by atoms with Crippen LogP contribution in [0, 0.1) is 5.92 Å². The molecule has 0 radical (unpaired) electrons. The van der Waals surface area contributed by atoms with Crippen LogP contribution in [0.1, 0.15) is 25.8 Å². The van der Waals surface area contributed by atoms with Crippen LogP contribution in [0.4, 0.5) is 5.82 Å². The molecule has 2 aromatic rings. The van der Waals surface area contributed by atoms with E-state index in [-0.39, 0.29) is 0 Å². The Morgan fingerprint density at radius 3 is 2.70 bits per heavy atom. The highest BCUT2D eigenvalue weighted by Gasteiger charge is 2.11. The van der Waals surface area contributed by atoms with Crippen LogP contribution in [0.3, 0.4) is 0 Å². The fourth-order valence-electron chi connectivity index (χ4n) is 2.38. The fraction of sp³-hybridized carbons (Fsp3) is 0.471. The first-order valence-corrected chi connectivity index (χ1v) is 7.41. The number of pyridine rings is 1. The van der Waals surface area contributed by atoms with Gasteiger partial charge in [0.2, 0.25) is 0 Å². The number of nitrogens with zero attached hydrogens (tertiary/aromatic N) is 2. The highest BCUT2D eigenvalue weighted by molar-refractivity contribution is 5.81. The first-order valence-electron chi connectivity index (χ1n) is 7.41. The van der Waals surface area contributed by atoms with Crippen molar-refractivity contribution in [3.63, 3.8) is 0 Å². The number of fused-ring (bicyclic) bond motifs is 1. The molecule has 20 heavy (non-hydrogen) atoms. The van der Waals surface area contributed by atoms with Gasteiger partial charge >= 0.3 is 0 Å². The standard InChI is InChI=1S/C17H25N3/c1-13(2)9-11-20(3)17-15(8-10-18)12-14-6-4-5-7-16(14)19-17/h4-7,12-13H,8-11,18H2,1-3H3. The van der Waals surface area contributed by atoms with Crippen molar-refractivity contribution in [2.24, 2.45) is 11.7 Å². The molecule has 0 fully saturated rings. The molecular weight excluding hydrogens is 246 g/mol. The maximum atomic E-state index is 5.75. The molecule has 3 heteroatoms. The first-order chi connectivity index (χ1) is 9.61. The van der Waals surface area contributed by atoms with Gasteiger partial charge in [0.05, 0.1) is 5.52 Å². The number of anilines is 1. The zero-order valence-corrected chi connectivity index (χ0v) is 12.8. The molecule has 0 saturated heterocycles. The summed E-state index contributed by atoms with van der Waals surface area (Å²) < 4.78 is 0. The topological polar surface area (TPSA) is 42.2 Å². The van der Waals surface area contributed by atoms with Gasteiger partial charge in [-0.05, 0) is 43.0 Å². The van der Waals surface area contributed by atoms with Crippen LogP contribution < -0.4 is 10.6 Å². The molecule has 0 aliphatic rings. The molecule has 2 rings (SSSR count). The van der Waals surface area contributed by atoms with E-state index >= 15 is 0 Å². The highest BCUT2D eigenvalue weighted by atomic mass is 15.2. The number of benzene rings is 1. The summed E-state index contributed by atoms with van der Waals surface area (Å²) in [5.74, 6) is 1.78. The third-order valence-corrected chi connectivity index (χ3v) is 3.60. The van der Waals surface area contributed by atoms with Gasteiger partial charge in [-0.15, -0.1) is 0 Å². The predicted octanol–water partition coefficient (Wildman–Crippen LogP) is 3.22. The Balaban J connectivity index is 2.35. The molecule has 0 atom stereocenters. The van der Waals surface area contributed by atoms with E-state index in [2.05, 4.69) is 50.1 Å². The predicted molar refractivity (Wildman–Crippen MR) is 87.2 cm³/mol. The monoisotopic (exact) mass is 271 g/mol. The Bertz CT molecular complexity index is 563. The minimum absolute atomic E-state index is 0.658. The van der Waals surface area contributed by atoms with E-state index in [4.69, 9.17) is 10.7 Å². The number of para-hydroxylation sites is 1. The fourth-order valence-corrected chi connectivity index (χ4v) is 2.38. The maximum Gasteiger partial charge on any atom is 0.132 e. The Morgan fingerprint density at radius 1 is 1.25 bits per heavy atom. The van der Waals surface area contributed by atoms with E-state index in [0.29, 0.717) is 12.5 Å². The number of hydrogen-bond donors (Lipinski definition) is 1. The average molecular weight is 271 g/mol. The SMILES string of the molecule is CC(C)CCN(C)c1nc2ccccc2cc1CCN. The Labute approximate surface area is 121 Å². The van der Waals surface area contributed by atoms with Crippen molar-refractivity contribution in [2.75, 3.05) is 25.0 Å². The molecule has 0 saturated carbocycles. The van der Waals surface area contributed by atoms with Crippen molar-refractivity contribution in [3.05, 3.63) is 35.9 Å². The molecule has 1 heterocycles. The van der Waals surface area contributed by atoms with Crippen LogP contribution in [-0.4, -0.2) is 25.1 Å². The van der Waals surface area contributed by atoms with Gasteiger partial charge in [-0.1, -0.05) is 32.0 Å². The van der Waals surface area contributed by atoms with Crippen LogP contribution >= 0.6 is 0 Å². The molecule has 0 spiro atoms. The molecule has 3 nitrogen and oxygen atoms in total. The van der Waals surface area contributed by atoms with Gasteiger partial charge in [-0.3, -0.25) is 0 Å². The molecule has 0 bridgehead atoms. The van der Waals surface area contributed by atoms with E-state index in [0.717, 1.165) is 24.3 Å². The summed E-state index contributed by atoms with van der Waals surface area (Å²) in [7, 11) is 2.12. The number of hydrogen-bond acceptors (Lipinski definition) is 3. The van der Waals surface area contributed by atoms with Gasteiger partial charge < -0.3 is 10.6 Å². The lowest BCUT2D eigenvalue weighted by Gasteiger charge is -2.22. The van der Waals surface area contributed by atoms with E-state index in [9.17, 15) is 0 Å². The lowest BCUT2D eigenvalue weighted by molar-refractivity contribution is 0.583. The lowest BCUT2D eigenvalue weighted by Crippen LogP contribution is -2.23. The molecule has 1 aromatic heterocycles. The van der Waals surface area contributed by atoms with Gasteiger partial charge in [-0.25, -0.2) is 4.98 Å². The molecule has 0 aliphatic carbocycles.